The van der Waals surface area contributed by atoms with Gasteiger partial charge in [-0.3, -0.25) is 4.79 Å². The Morgan fingerprint density at radius 2 is 2.39 bits per heavy atom. The first-order valence-electron chi connectivity index (χ1n) is 5.73. The summed E-state index contributed by atoms with van der Waals surface area (Å²) in [6.07, 6.45) is 4.54. The molecule has 0 bridgehead atoms. The quantitative estimate of drug-likeness (QED) is 0.880. The molecule has 0 radical (unpaired) electrons. The Hall–Kier alpha value is -1.82. The molecule has 18 heavy (non-hydrogen) atoms. The van der Waals surface area contributed by atoms with E-state index in [2.05, 4.69) is 17.2 Å². The molecule has 2 aromatic rings. The van der Waals surface area contributed by atoms with E-state index in [1.807, 2.05) is 6.20 Å². The summed E-state index contributed by atoms with van der Waals surface area (Å²) in [7, 11) is 1.80. The maximum Gasteiger partial charge on any atom is 0.268 e. The lowest BCUT2D eigenvalue weighted by molar-refractivity contribution is 0.0943. The van der Waals surface area contributed by atoms with Crippen LogP contribution in [0.2, 0.25) is 0 Å². The molecule has 2 heterocycles. The number of nitrogens with one attached hydrogen (secondary N) is 1. The summed E-state index contributed by atoms with van der Waals surface area (Å²) in [5, 5.41) is 3.76. The van der Waals surface area contributed by atoms with Gasteiger partial charge in [0.25, 0.3) is 5.91 Å². The number of aromatic nitrogens is 2. The number of amides is 1. The lowest BCUT2D eigenvalue weighted by Gasteiger charge is -2.03. The zero-order valence-electron chi connectivity index (χ0n) is 10.4. The molecular weight excluding hydrogens is 248 g/mol. The largest absolute Gasteiger partial charge is 0.397 e. The third kappa shape index (κ3) is 2.70. The first-order chi connectivity index (χ1) is 8.60. The highest BCUT2D eigenvalue weighted by molar-refractivity contribution is 7.11. The molecule has 2 rings (SSSR count). The van der Waals surface area contributed by atoms with E-state index in [9.17, 15) is 4.79 Å². The van der Waals surface area contributed by atoms with Gasteiger partial charge in [0.2, 0.25) is 0 Å². The van der Waals surface area contributed by atoms with Gasteiger partial charge in [-0.05, 0) is 12.5 Å². The second kappa shape index (κ2) is 5.22. The monoisotopic (exact) mass is 264 g/mol. The van der Waals surface area contributed by atoms with Crippen LogP contribution in [0.4, 0.5) is 5.69 Å². The zero-order chi connectivity index (χ0) is 13.1. The topological polar surface area (TPSA) is 72.9 Å². The van der Waals surface area contributed by atoms with Gasteiger partial charge in [-0.2, -0.15) is 0 Å². The zero-order valence-corrected chi connectivity index (χ0v) is 11.3. The number of aryl methyl sites for hydroxylation is 2. The summed E-state index contributed by atoms with van der Waals surface area (Å²) in [5.41, 5.74) is 6.78. The molecule has 1 amide bonds. The van der Waals surface area contributed by atoms with Crippen molar-refractivity contribution in [3.8, 4) is 0 Å². The molecule has 0 aliphatic rings. The summed E-state index contributed by atoms with van der Waals surface area (Å²) in [6, 6.07) is 1.66. The molecule has 5 nitrogen and oxygen atoms in total. The van der Waals surface area contributed by atoms with E-state index >= 15 is 0 Å². The summed E-state index contributed by atoms with van der Waals surface area (Å²) in [4.78, 5) is 17.4. The molecule has 2 aromatic heterocycles. The van der Waals surface area contributed by atoms with Crippen LogP contribution in [0.3, 0.4) is 0 Å². The molecule has 0 spiro atoms. The normalized spacial score (nSPS) is 10.6. The number of hydrogen-bond donors (Lipinski definition) is 2. The Balaban J connectivity index is 1.98. The maximum atomic E-state index is 11.9. The van der Waals surface area contributed by atoms with E-state index in [4.69, 9.17) is 5.73 Å². The smallest absolute Gasteiger partial charge is 0.268 e. The number of rotatable bonds is 4. The van der Waals surface area contributed by atoms with Crippen molar-refractivity contribution in [1.82, 2.24) is 14.9 Å². The van der Waals surface area contributed by atoms with Gasteiger partial charge in [-0.25, -0.2) is 4.98 Å². The van der Waals surface area contributed by atoms with Gasteiger partial charge < -0.3 is 15.6 Å². The highest BCUT2D eigenvalue weighted by Crippen LogP contribution is 2.13. The predicted molar refractivity (Wildman–Crippen MR) is 72.5 cm³/mol. The van der Waals surface area contributed by atoms with Crippen molar-refractivity contribution < 1.29 is 4.79 Å². The standard InChI is InChI=1S/C12H16N4OS/c1-3-9-5-14-11(18-9)6-15-12(17)10-4-8(13)7-16(10)2/h4-5,7H,3,6,13H2,1-2H3,(H,15,17). The molecule has 0 aromatic carbocycles. The molecule has 3 N–H and O–H groups in total. The summed E-state index contributed by atoms with van der Waals surface area (Å²) < 4.78 is 1.71. The fraction of sp³-hybridized carbons (Fsp3) is 0.333. The number of nitrogen functional groups attached to an aromatic ring is 1. The number of anilines is 1. The molecule has 0 saturated carbocycles. The molecular formula is C12H16N4OS. The average Bonchev–Trinajstić information content (AvgIpc) is 2.92. The first kappa shape index (κ1) is 12.6. The Kier molecular flexibility index (Phi) is 3.66. The summed E-state index contributed by atoms with van der Waals surface area (Å²) >= 11 is 1.62. The minimum Gasteiger partial charge on any atom is -0.397 e. The minimum atomic E-state index is -0.137. The molecule has 0 unspecified atom stereocenters. The van der Waals surface area contributed by atoms with Gasteiger partial charge in [0.15, 0.2) is 0 Å². The third-order valence-corrected chi connectivity index (χ3v) is 3.75. The number of hydrogen-bond acceptors (Lipinski definition) is 4. The van der Waals surface area contributed by atoms with Crippen LogP contribution in [0.15, 0.2) is 18.5 Å². The van der Waals surface area contributed by atoms with Crippen molar-refractivity contribution in [2.24, 2.45) is 7.05 Å². The molecule has 0 aliphatic heterocycles. The second-order valence-electron chi connectivity index (χ2n) is 4.03. The number of carbonyl (C=O) groups is 1. The van der Waals surface area contributed by atoms with Gasteiger partial charge in [-0.15, -0.1) is 11.3 Å². The van der Waals surface area contributed by atoms with E-state index in [1.54, 1.807) is 35.2 Å². The van der Waals surface area contributed by atoms with Crippen LogP contribution in [-0.4, -0.2) is 15.5 Å². The van der Waals surface area contributed by atoms with Crippen molar-refractivity contribution in [2.45, 2.75) is 19.9 Å². The molecule has 0 atom stereocenters. The molecule has 0 saturated heterocycles. The first-order valence-corrected chi connectivity index (χ1v) is 6.55. The fourth-order valence-electron chi connectivity index (χ4n) is 1.66. The Labute approximate surface area is 110 Å². The lowest BCUT2D eigenvalue weighted by atomic mass is 10.4. The highest BCUT2D eigenvalue weighted by atomic mass is 32.1. The van der Waals surface area contributed by atoms with Crippen LogP contribution in [0.1, 0.15) is 27.3 Å². The van der Waals surface area contributed by atoms with Crippen LogP contribution >= 0.6 is 11.3 Å². The predicted octanol–water partition coefficient (Wildman–Crippen LogP) is 1.56. The van der Waals surface area contributed by atoms with E-state index in [0.717, 1.165) is 11.4 Å². The van der Waals surface area contributed by atoms with E-state index < -0.39 is 0 Å². The number of thiazole rings is 1. The van der Waals surface area contributed by atoms with Gasteiger partial charge in [0.05, 0.1) is 12.2 Å². The van der Waals surface area contributed by atoms with Crippen molar-refractivity contribution in [1.29, 1.82) is 0 Å². The number of carbonyl (C=O) groups excluding carboxylic acids is 1. The minimum absolute atomic E-state index is 0.137. The van der Waals surface area contributed by atoms with Crippen molar-refractivity contribution in [2.75, 3.05) is 5.73 Å². The van der Waals surface area contributed by atoms with Crippen molar-refractivity contribution >= 4 is 22.9 Å². The SMILES string of the molecule is CCc1cnc(CNC(=O)c2cc(N)cn2C)s1. The number of nitrogens with two attached hydrogens (primary N) is 1. The number of nitrogens with zero attached hydrogens (tertiary/aromatic N) is 2. The lowest BCUT2D eigenvalue weighted by Crippen LogP contribution is -2.24. The van der Waals surface area contributed by atoms with Crippen molar-refractivity contribution in [3.05, 3.63) is 34.0 Å². The van der Waals surface area contributed by atoms with Gasteiger partial charge in [-0.1, -0.05) is 6.92 Å². The highest BCUT2D eigenvalue weighted by Gasteiger charge is 2.11. The average molecular weight is 264 g/mol. The molecule has 96 valence electrons. The second-order valence-corrected chi connectivity index (χ2v) is 5.23. The van der Waals surface area contributed by atoms with E-state index in [-0.39, 0.29) is 5.91 Å². The summed E-state index contributed by atoms with van der Waals surface area (Å²) in [6.45, 7) is 2.54. The van der Waals surface area contributed by atoms with Gasteiger partial charge >= 0.3 is 0 Å². The van der Waals surface area contributed by atoms with E-state index in [1.165, 1.54) is 4.88 Å². The summed E-state index contributed by atoms with van der Waals surface area (Å²) in [5.74, 6) is -0.137. The maximum absolute atomic E-state index is 11.9. The van der Waals surface area contributed by atoms with Crippen LogP contribution in [0.25, 0.3) is 0 Å². The third-order valence-electron chi connectivity index (χ3n) is 2.61. The van der Waals surface area contributed by atoms with Crippen LogP contribution in [0.5, 0.6) is 0 Å². The van der Waals surface area contributed by atoms with E-state index in [0.29, 0.717) is 17.9 Å². The van der Waals surface area contributed by atoms with Gasteiger partial charge in [0.1, 0.15) is 10.7 Å². The fourth-order valence-corrected chi connectivity index (χ4v) is 2.46. The molecule has 0 aliphatic carbocycles. The molecule has 0 fully saturated rings. The van der Waals surface area contributed by atoms with Crippen LogP contribution in [-0.2, 0) is 20.0 Å². The Bertz CT molecular complexity index is 558. The Morgan fingerprint density at radius 3 is 2.94 bits per heavy atom. The van der Waals surface area contributed by atoms with Crippen LogP contribution < -0.4 is 11.1 Å². The molecule has 6 heteroatoms. The van der Waals surface area contributed by atoms with Crippen LogP contribution in [0, 0.1) is 0 Å². The Morgan fingerprint density at radius 1 is 1.61 bits per heavy atom. The van der Waals surface area contributed by atoms with Crippen molar-refractivity contribution in [3.63, 3.8) is 0 Å². The van der Waals surface area contributed by atoms with Gasteiger partial charge in [0, 0.05) is 24.3 Å².